The highest BCUT2D eigenvalue weighted by molar-refractivity contribution is 6.30. The highest BCUT2D eigenvalue weighted by Crippen LogP contribution is 2.56. The second-order valence-electron chi connectivity index (χ2n) is 10.1. The normalized spacial score (nSPS) is 19.8. The summed E-state index contributed by atoms with van der Waals surface area (Å²) < 4.78 is 2.22. The summed E-state index contributed by atoms with van der Waals surface area (Å²) in [4.78, 5) is 13.1. The van der Waals surface area contributed by atoms with Crippen molar-refractivity contribution in [2.45, 2.75) is 51.2 Å². The number of nitriles is 1. The highest BCUT2D eigenvalue weighted by Gasteiger charge is 2.54. The first-order valence-corrected chi connectivity index (χ1v) is 11.7. The van der Waals surface area contributed by atoms with Gasteiger partial charge in [0.15, 0.2) is 5.82 Å². The Kier molecular flexibility index (Phi) is 4.51. The fourth-order valence-electron chi connectivity index (χ4n) is 5.54. The Balaban J connectivity index is 1.28. The van der Waals surface area contributed by atoms with Crippen LogP contribution < -0.4 is 4.90 Å². The van der Waals surface area contributed by atoms with Crippen LogP contribution in [-0.2, 0) is 13.1 Å². The Morgan fingerprint density at radius 2 is 1.88 bits per heavy atom. The first kappa shape index (κ1) is 20.6. The molecule has 0 amide bonds. The molecule has 1 spiro atoms. The van der Waals surface area contributed by atoms with Gasteiger partial charge in [0.1, 0.15) is 11.4 Å². The minimum absolute atomic E-state index is 0.318. The van der Waals surface area contributed by atoms with Crippen molar-refractivity contribution in [2.75, 3.05) is 18.0 Å². The number of hydrogen-bond donors (Lipinski definition) is 0. The van der Waals surface area contributed by atoms with Crippen LogP contribution in [-0.4, -0.2) is 48.3 Å². The molecule has 0 atom stereocenters. The third-order valence-electron chi connectivity index (χ3n) is 7.41. The second-order valence-corrected chi connectivity index (χ2v) is 10.6. The fourth-order valence-corrected chi connectivity index (χ4v) is 5.74. The summed E-state index contributed by atoms with van der Waals surface area (Å²) in [6.45, 7) is 7.07. The minimum atomic E-state index is -0.629. The van der Waals surface area contributed by atoms with Crippen LogP contribution >= 0.6 is 11.6 Å². The van der Waals surface area contributed by atoms with Gasteiger partial charge in [-0.25, -0.2) is 9.97 Å². The van der Waals surface area contributed by atoms with Gasteiger partial charge in [-0.1, -0.05) is 11.6 Å². The number of anilines is 1. The summed E-state index contributed by atoms with van der Waals surface area (Å²) in [7, 11) is 0. The Labute approximate surface area is 197 Å². The minimum Gasteiger partial charge on any atom is -0.340 e. The topological polar surface area (TPSA) is 86.8 Å². The van der Waals surface area contributed by atoms with Crippen molar-refractivity contribution < 1.29 is 0 Å². The summed E-state index contributed by atoms with van der Waals surface area (Å²) in [6.07, 6.45) is 5.77. The second kappa shape index (κ2) is 7.24. The molecule has 6 rings (SSSR count). The van der Waals surface area contributed by atoms with Gasteiger partial charge in [-0.3, -0.25) is 9.47 Å². The molecular formula is C24H25ClN8. The van der Waals surface area contributed by atoms with E-state index in [1.807, 2.05) is 32.0 Å². The third kappa shape index (κ3) is 3.30. The van der Waals surface area contributed by atoms with E-state index in [0.29, 0.717) is 29.4 Å². The van der Waals surface area contributed by atoms with E-state index in [1.54, 1.807) is 12.4 Å². The number of halogens is 1. The molecule has 9 heteroatoms. The first-order valence-electron chi connectivity index (χ1n) is 11.3. The molecule has 1 saturated carbocycles. The summed E-state index contributed by atoms with van der Waals surface area (Å²) in [5.41, 5.74) is 1.85. The molecule has 33 heavy (non-hydrogen) atoms. The van der Waals surface area contributed by atoms with Crippen LogP contribution in [0.2, 0.25) is 5.02 Å². The molecule has 1 aromatic carbocycles. The molecule has 0 radical (unpaired) electrons. The lowest BCUT2D eigenvalue weighted by Gasteiger charge is -2.58. The number of fused-ring (bicyclic) bond motifs is 3. The van der Waals surface area contributed by atoms with Crippen LogP contribution in [0.5, 0.6) is 0 Å². The number of aromatic nitrogens is 5. The zero-order valence-corrected chi connectivity index (χ0v) is 19.5. The van der Waals surface area contributed by atoms with Gasteiger partial charge in [0.05, 0.1) is 18.3 Å². The van der Waals surface area contributed by atoms with E-state index in [2.05, 4.69) is 46.7 Å². The number of nitrogens with zero attached hydrogens (tertiary/aromatic N) is 8. The molecule has 2 aliphatic heterocycles. The molecule has 4 heterocycles. The smallest absolute Gasteiger partial charge is 0.225 e. The zero-order valence-electron chi connectivity index (χ0n) is 18.7. The number of hydrogen-bond acceptors (Lipinski definition) is 7. The van der Waals surface area contributed by atoms with E-state index in [-0.39, 0.29) is 0 Å². The number of benzene rings is 1. The SMILES string of the molecule is CC(C)(C#N)N1Cc2cc(Cl)ccc2-n2c(nnc2C2CC3(C2)CN(c2ncccn2)C3)C1. The van der Waals surface area contributed by atoms with E-state index < -0.39 is 5.54 Å². The van der Waals surface area contributed by atoms with Crippen molar-refractivity contribution >= 4 is 17.5 Å². The Morgan fingerprint density at radius 1 is 1.12 bits per heavy atom. The lowest BCUT2D eigenvalue weighted by atomic mass is 9.57. The van der Waals surface area contributed by atoms with Crippen LogP contribution in [0.15, 0.2) is 36.7 Å². The Morgan fingerprint density at radius 3 is 2.61 bits per heavy atom. The quantitative estimate of drug-likeness (QED) is 0.588. The van der Waals surface area contributed by atoms with Gasteiger partial charge in [0.2, 0.25) is 5.95 Å². The van der Waals surface area contributed by atoms with E-state index in [0.717, 1.165) is 54.8 Å². The maximum absolute atomic E-state index is 9.75. The number of rotatable bonds is 3. The average molecular weight is 461 g/mol. The monoisotopic (exact) mass is 460 g/mol. The van der Waals surface area contributed by atoms with Crippen LogP contribution in [0.1, 0.15) is 49.8 Å². The van der Waals surface area contributed by atoms with Crippen LogP contribution in [0.25, 0.3) is 5.69 Å². The van der Waals surface area contributed by atoms with Crippen molar-refractivity contribution in [3.63, 3.8) is 0 Å². The highest BCUT2D eigenvalue weighted by atomic mass is 35.5. The zero-order chi connectivity index (χ0) is 22.8. The van der Waals surface area contributed by atoms with Crippen LogP contribution in [0.3, 0.4) is 0 Å². The predicted molar refractivity (Wildman–Crippen MR) is 124 cm³/mol. The van der Waals surface area contributed by atoms with Crippen LogP contribution in [0.4, 0.5) is 5.95 Å². The average Bonchev–Trinajstić information content (AvgIpc) is 3.07. The maximum atomic E-state index is 9.75. The Bertz CT molecular complexity index is 1250. The summed E-state index contributed by atoms with van der Waals surface area (Å²) in [5, 5.41) is 19.7. The lowest BCUT2D eigenvalue weighted by Crippen LogP contribution is -2.62. The van der Waals surface area contributed by atoms with Gasteiger partial charge in [0.25, 0.3) is 0 Å². The van der Waals surface area contributed by atoms with Gasteiger partial charge < -0.3 is 4.90 Å². The molecule has 1 aliphatic carbocycles. The molecule has 2 fully saturated rings. The van der Waals surface area contributed by atoms with Crippen molar-refractivity contribution in [3.8, 4) is 11.8 Å². The Hall–Kier alpha value is -3.02. The standard InChI is InChI=1S/C24H25ClN8/c1-23(2,13-26)32-11-16-8-18(25)4-5-19(16)33-20(12-32)29-30-21(33)17-9-24(10-17)14-31(15-24)22-27-6-3-7-28-22/h3-8,17H,9-12,14-15H2,1-2H3. The summed E-state index contributed by atoms with van der Waals surface area (Å²) in [6, 6.07) is 10.3. The van der Waals surface area contributed by atoms with Gasteiger partial charge >= 0.3 is 0 Å². The molecular weight excluding hydrogens is 436 g/mol. The summed E-state index contributed by atoms with van der Waals surface area (Å²) >= 11 is 6.36. The van der Waals surface area contributed by atoms with Gasteiger partial charge in [0, 0.05) is 48.4 Å². The van der Waals surface area contributed by atoms with Gasteiger partial charge in [-0.15, -0.1) is 10.2 Å². The third-order valence-corrected chi connectivity index (χ3v) is 7.64. The molecule has 3 aromatic rings. The maximum Gasteiger partial charge on any atom is 0.225 e. The van der Waals surface area contributed by atoms with E-state index in [4.69, 9.17) is 11.6 Å². The molecule has 0 bridgehead atoms. The molecule has 3 aliphatic rings. The van der Waals surface area contributed by atoms with Crippen LogP contribution in [0, 0.1) is 16.7 Å². The van der Waals surface area contributed by atoms with E-state index in [1.165, 1.54) is 0 Å². The largest absolute Gasteiger partial charge is 0.340 e. The molecule has 8 nitrogen and oxygen atoms in total. The molecule has 1 saturated heterocycles. The van der Waals surface area contributed by atoms with Crippen molar-refractivity contribution in [1.82, 2.24) is 29.6 Å². The predicted octanol–water partition coefficient (Wildman–Crippen LogP) is 3.71. The summed E-state index contributed by atoms with van der Waals surface area (Å²) in [5.74, 6) is 3.08. The van der Waals surface area contributed by atoms with Crippen molar-refractivity contribution in [1.29, 1.82) is 5.26 Å². The van der Waals surface area contributed by atoms with Gasteiger partial charge in [-0.05, 0) is 56.5 Å². The molecule has 0 unspecified atom stereocenters. The van der Waals surface area contributed by atoms with Gasteiger partial charge in [-0.2, -0.15) is 5.26 Å². The molecule has 2 aromatic heterocycles. The van der Waals surface area contributed by atoms with Crippen molar-refractivity contribution in [2.24, 2.45) is 5.41 Å². The fraction of sp³-hybridized carbons (Fsp3) is 0.458. The molecule has 0 N–H and O–H groups in total. The molecule has 168 valence electrons. The van der Waals surface area contributed by atoms with E-state index in [9.17, 15) is 5.26 Å². The lowest BCUT2D eigenvalue weighted by molar-refractivity contribution is 0.0574. The van der Waals surface area contributed by atoms with Crippen molar-refractivity contribution in [3.05, 3.63) is 58.9 Å². The van der Waals surface area contributed by atoms with E-state index >= 15 is 0 Å². The first-order chi connectivity index (χ1) is 15.9.